The van der Waals surface area contributed by atoms with Gasteiger partial charge in [0.05, 0.1) is 10.7 Å². The molecule has 0 aliphatic heterocycles. The lowest BCUT2D eigenvalue weighted by Crippen LogP contribution is -2.00. The molecule has 0 spiro atoms. The fourth-order valence-corrected chi connectivity index (χ4v) is 1.83. The van der Waals surface area contributed by atoms with Gasteiger partial charge in [0, 0.05) is 11.8 Å². The molecule has 0 atom stereocenters. The van der Waals surface area contributed by atoms with E-state index in [-0.39, 0.29) is 6.01 Å². The third kappa shape index (κ3) is 2.41. The van der Waals surface area contributed by atoms with Crippen LogP contribution in [0, 0.1) is 0 Å². The van der Waals surface area contributed by atoms with E-state index in [1.54, 1.807) is 18.2 Å². The molecule has 2 aromatic carbocycles. The molecule has 3 rings (SSSR count). The second-order valence-electron chi connectivity index (χ2n) is 4.00. The van der Waals surface area contributed by atoms with Crippen LogP contribution in [-0.2, 0) is 0 Å². The number of para-hydroxylation sites is 1. The molecule has 0 amide bonds. The summed E-state index contributed by atoms with van der Waals surface area (Å²) in [6.07, 6.45) is 0. The van der Waals surface area contributed by atoms with Crippen LogP contribution in [0.25, 0.3) is 5.69 Å². The van der Waals surface area contributed by atoms with Gasteiger partial charge in [-0.05, 0) is 34.7 Å². The Bertz CT molecular complexity index is 729. The van der Waals surface area contributed by atoms with Crippen molar-refractivity contribution in [2.24, 2.45) is 0 Å². The zero-order chi connectivity index (χ0) is 13.9. The number of hydrogen-bond donors (Lipinski definition) is 1. The molecule has 0 saturated heterocycles. The van der Waals surface area contributed by atoms with Crippen LogP contribution in [0.1, 0.15) is 0 Å². The Morgan fingerprint density at radius 2 is 1.90 bits per heavy atom. The first-order valence-electron chi connectivity index (χ1n) is 5.81. The van der Waals surface area contributed by atoms with Crippen LogP contribution in [0.3, 0.4) is 0 Å². The quantitative estimate of drug-likeness (QED) is 0.749. The molecule has 1 heterocycles. The van der Waals surface area contributed by atoms with Crippen molar-refractivity contribution in [2.75, 3.05) is 5.73 Å². The SMILES string of the molecule is Nc1ccc(Cl)c(Oc2nnnn2-c2ccccc2)c1. The first kappa shape index (κ1) is 12.4. The average molecular weight is 288 g/mol. The molecule has 0 radical (unpaired) electrons. The lowest BCUT2D eigenvalue weighted by atomic mass is 10.3. The van der Waals surface area contributed by atoms with Gasteiger partial charge in [0.25, 0.3) is 0 Å². The fraction of sp³-hybridized carbons (Fsp3) is 0. The van der Waals surface area contributed by atoms with Crippen molar-refractivity contribution in [1.82, 2.24) is 20.2 Å². The largest absolute Gasteiger partial charge is 0.421 e. The molecule has 7 heteroatoms. The first-order chi connectivity index (χ1) is 9.74. The number of ether oxygens (including phenoxy) is 1. The third-order valence-corrected chi connectivity index (χ3v) is 2.91. The molecule has 0 bridgehead atoms. The van der Waals surface area contributed by atoms with Crippen molar-refractivity contribution in [3.63, 3.8) is 0 Å². The van der Waals surface area contributed by atoms with Gasteiger partial charge in [-0.1, -0.05) is 34.9 Å². The Kier molecular flexibility index (Phi) is 3.22. The highest BCUT2D eigenvalue weighted by atomic mass is 35.5. The molecular formula is C13H10ClN5O. The maximum atomic E-state index is 6.05. The minimum atomic E-state index is 0.212. The van der Waals surface area contributed by atoms with Crippen LogP contribution >= 0.6 is 11.6 Å². The van der Waals surface area contributed by atoms with Gasteiger partial charge in [0.2, 0.25) is 0 Å². The van der Waals surface area contributed by atoms with Gasteiger partial charge in [-0.25, -0.2) is 0 Å². The van der Waals surface area contributed by atoms with E-state index >= 15 is 0 Å². The van der Waals surface area contributed by atoms with E-state index in [9.17, 15) is 0 Å². The van der Waals surface area contributed by atoms with Gasteiger partial charge >= 0.3 is 6.01 Å². The minimum absolute atomic E-state index is 0.212. The third-order valence-electron chi connectivity index (χ3n) is 2.60. The lowest BCUT2D eigenvalue weighted by molar-refractivity contribution is 0.427. The van der Waals surface area contributed by atoms with Crippen LogP contribution < -0.4 is 10.5 Å². The summed E-state index contributed by atoms with van der Waals surface area (Å²) in [5, 5.41) is 11.8. The minimum Gasteiger partial charge on any atom is -0.421 e. The van der Waals surface area contributed by atoms with E-state index in [0.29, 0.717) is 16.5 Å². The van der Waals surface area contributed by atoms with Gasteiger partial charge in [-0.3, -0.25) is 0 Å². The topological polar surface area (TPSA) is 78.8 Å². The van der Waals surface area contributed by atoms with Crippen LogP contribution in [0.15, 0.2) is 48.5 Å². The Hall–Kier alpha value is -2.60. The van der Waals surface area contributed by atoms with Crippen LogP contribution in [0.4, 0.5) is 5.69 Å². The number of nitrogen functional groups attached to an aromatic ring is 1. The zero-order valence-corrected chi connectivity index (χ0v) is 11.0. The van der Waals surface area contributed by atoms with E-state index in [0.717, 1.165) is 5.69 Å². The van der Waals surface area contributed by atoms with Crippen molar-refractivity contribution in [1.29, 1.82) is 0 Å². The Morgan fingerprint density at radius 3 is 2.70 bits per heavy atom. The fourth-order valence-electron chi connectivity index (χ4n) is 1.67. The predicted molar refractivity (Wildman–Crippen MR) is 75.1 cm³/mol. The van der Waals surface area contributed by atoms with Gasteiger partial charge in [-0.2, -0.15) is 4.68 Å². The summed E-state index contributed by atoms with van der Waals surface area (Å²) in [6, 6.07) is 14.6. The van der Waals surface area contributed by atoms with E-state index in [1.165, 1.54) is 4.68 Å². The summed E-state index contributed by atoms with van der Waals surface area (Å²) in [5.41, 5.74) is 7.04. The van der Waals surface area contributed by atoms with Gasteiger partial charge in [0.15, 0.2) is 5.75 Å². The molecule has 20 heavy (non-hydrogen) atoms. The number of tetrazole rings is 1. The average Bonchev–Trinajstić information content (AvgIpc) is 2.92. The maximum absolute atomic E-state index is 6.05. The van der Waals surface area contributed by atoms with E-state index in [4.69, 9.17) is 22.1 Å². The highest BCUT2D eigenvalue weighted by Gasteiger charge is 2.12. The molecule has 6 nitrogen and oxygen atoms in total. The van der Waals surface area contributed by atoms with Crippen molar-refractivity contribution in [3.8, 4) is 17.4 Å². The summed E-state index contributed by atoms with van der Waals surface area (Å²) < 4.78 is 7.10. The number of anilines is 1. The van der Waals surface area contributed by atoms with Crippen molar-refractivity contribution in [2.45, 2.75) is 0 Å². The Balaban J connectivity index is 1.97. The Labute approximate surface area is 119 Å². The van der Waals surface area contributed by atoms with Crippen molar-refractivity contribution >= 4 is 17.3 Å². The first-order valence-corrected chi connectivity index (χ1v) is 6.18. The van der Waals surface area contributed by atoms with Crippen LogP contribution in [-0.4, -0.2) is 20.2 Å². The standard InChI is InChI=1S/C13H10ClN5O/c14-11-7-6-9(15)8-12(11)20-13-16-17-18-19(13)10-4-2-1-3-5-10/h1-8H,15H2. The maximum Gasteiger partial charge on any atom is 0.345 e. The summed E-state index contributed by atoms with van der Waals surface area (Å²) in [6.45, 7) is 0. The molecule has 1 aromatic heterocycles. The van der Waals surface area contributed by atoms with E-state index in [2.05, 4.69) is 15.5 Å². The summed E-state index contributed by atoms with van der Waals surface area (Å²) in [4.78, 5) is 0. The molecule has 0 saturated carbocycles. The normalized spacial score (nSPS) is 10.4. The molecule has 0 aliphatic rings. The number of rotatable bonds is 3. The summed E-state index contributed by atoms with van der Waals surface area (Å²) in [7, 11) is 0. The van der Waals surface area contributed by atoms with Crippen LogP contribution in [0.5, 0.6) is 11.8 Å². The second kappa shape index (κ2) is 5.18. The van der Waals surface area contributed by atoms with Crippen molar-refractivity contribution in [3.05, 3.63) is 53.6 Å². The summed E-state index contributed by atoms with van der Waals surface area (Å²) in [5.74, 6) is 0.402. The number of nitrogens with zero attached hydrogens (tertiary/aromatic N) is 4. The molecule has 0 unspecified atom stereocenters. The number of benzene rings is 2. The molecule has 2 N–H and O–H groups in total. The Morgan fingerprint density at radius 1 is 1.10 bits per heavy atom. The van der Waals surface area contributed by atoms with Crippen molar-refractivity contribution < 1.29 is 4.74 Å². The number of halogens is 1. The zero-order valence-electron chi connectivity index (χ0n) is 10.3. The molecule has 100 valence electrons. The number of aromatic nitrogens is 4. The molecule has 0 fully saturated rings. The predicted octanol–water partition coefficient (Wildman–Crippen LogP) is 2.69. The van der Waals surface area contributed by atoms with Gasteiger partial charge in [-0.15, -0.1) is 0 Å². The molecule has 3 aromatic rings. The molecule has 0 aliphatic carbocycles. The van der Waals surface area contributed by atoms with Crippen LogP contribution in [0.2, 0.25) is 5.02 Å². The number of nitrogens with two attached hydrogens (primary N) is 1. The highest BCUT2D eigenvalue weighted by molar-refractivity contribution is 6.32. The van der Waals surface area contributed by atoms with E-state index < -0.39 is 0 Å². The second-order valence-corrected chi connectivity index (χ2v) is 4.41. The number of hydrogen-bond acceptors (Lipinski definition) is 5. The van der Waals surface area contributed by atoms with Gasteiger partial charge in [0.1, 0.15) is 0 Å². The molecular weight excluding hydrogens is 278 g/mol. The van der Waals surface area contributed by atoms with Gasteiger partial charge < -0.3 is 10.5 Å². The highest BCUT2D eigenvalue weighted by Crippen LogP contribution is 2.30. The smallest absolute Gasteiger partial charge is 0.345 e. The monoisotopic (exact) mass is 287 g/mol. The lowest BCUT2D eigenvalue weighted by Gasteiger charge is -2.07. The van der Waals surface area contributed by atoms with E-state index in [1.807, 2.05) is 30.3 Å². The summed E-state index contributed by atoms with van der Waals surface area (Å²) >= 11 is 6.05.